The Hall–Kier alpha value is -1.52. The molecule has 5 N–H and O–H groups in total. The third kappa shape index (κ3) is 2.52. The zero-order chi connectivity index (χ0) is 16.8. The molecule has 2 aromatic rings. The van der Waals surface area contributed by atoms with Crippen molar-refractivity contribution in [3.05, 3.63) is 29.1 Å². The summed E-state index contributed by atoms with van der Waals surface area (Å²) in [5, 5.41) is 24.6. The van der Waals surface area contributed by atoms with Crippen LogP contribution in [0.4, 0.5) is 5.82 Å². The van der Waals surface area contributed by atoms with Crippen LogP contribution in [-0.2, 0) is 4.74 Å². The molecule has 8 nitrogen and oxygen atoms in total. The van der Waals surface area contributed by atoms with Gasteiger partial charge in [-0.3, -0.25) is 0 Å². The summed E-state index contributed by atoms with van der Waals surface area (Å²) in [5.41, 5.74) is 6.44. The number of anilines is 1. The molecule has 0 spiro atoms. The SMILES string of the molecule is Nc1ncnc2c1c(Br)cn2[C@@H]1O[C@H](/C=C/C2CNC2)[C@@H](O)[C@H]1O. The number of hydrogen-bond donors (Lipinski definition) is 4. The first kappa shape index (κ1) is 16.0. The van der Waals surface area contributed by atoms with Gasteiger partial charge in [-0.2, -0.15) is 0 Å². The Morgan fingerprint density at radius 3 is 2.79 bits per heavy atom. The smallest absolute Gasteiger partial charge is 0.164 e. The van der Waals surface area contributed by atoms with Gasteiger partial charge in [0.05, 0.1) is 5.39 Å². The van der Waals surface area contributed by atoms with Crippen LogP contribution in [0.5, 0.6) is 0 Å². The summed E-state index contributed by atoms with van der Waals surface area (Å²) < 4.78 is 8.27. The topological polar surface area (TPSA) is 118 Å². The average Bonchev–Trinajstić information content (AvgIpc) is 2.98. The van der Waals surface area contributed by atoms with Crippen molar-refractivity contribution < 1.29 is 14.9 Å². The van der Waals surface area contributed by atoms with Gasteiger partial charge < -0.3 is 30.6 Å². The molecule has 0 unspecified atom stereocenters. The number of aromatic nitrogens is 3. The minimum Gasteiger partial charge on any atom is -0.387 e. The molecule has 4 rings (SSSR count). The van der Waals surface area contributed by atoms with Crippen molar-refractivity contribution in [3.63, 3.8) is 0 Å². The lowest BCUT2D eigenvalue weighted by Gasteiger charge is -2.24. The van der Waals surface area contributed by atoms with Crippen LogP contribution in [0.15, 0.2) is 29.1 Å². The van der Waals surface area contributed by atoms with Crippen molar-refractivity contribution in [2.24, 2.45) is 5.92 Å². The van der Waals surface area contributed by atoms with E-state index < -0.39 is 24.5 Å². The lowest BCUT2D eigenvalue weighted by atomic mass is 10.0. The molecular formula is C15H18BrN5O3. The normalized spacial score (nSPS) is 31.1. The minimum absolute atomic E-state index is 0.340. The molecule has 0 amide bonds. The van der Waals surface area contributed by atoms with E-state index in [0.29, 0.717) is 27.2 Å². The molecule has 0 bridgehead atoms. The Morgan fingerprint density at radius 2 is 2.08 bits per heavy atom. The number of fused-ring (bicyclic) bond motifs is 1. The molecule has 0 aromatic carbocycles. The maximum atomic E-state index is 10.4. The van der Waals surface area contributed by atoms with Crippen LogP contribution in [0.25, 0.3) is 11.0 Å². The lowest BCUT2D eigenvalue weighted by Crippen LogP contribution is -2.40. The van der Waals surface area contributed by atoms with Crippen LogP contribution < -0.4 is 11.1 Å². The van der Waals surface area contributed by atoms with E-state index in [1.807, 2.05) is 12.2 Å². The molecule has 2 aliphatic heterocycles. The highest BCUT2D eigenvalue weighted by atomic mass is 79.9. The van der Waals surface area contributed by atoms with E-state index in [1.54, 1.807) is 10.8 Å². The number of nitrogen functional groups attached to an aromatic ring is 1. The van der Waals surface area contributed by atoms with Gasteiger partial charge in [0.2, 0.25) is 0 Å². The molecule has 2 aromatic heterocycles. The number of hydrogen-bond acceptors (Lipinski definition) is 7. The van der Waals surface area contributed by atoms with Gasteiger partial charge in [0.15, 0.2) is 6.23 Å². The molecule has 4 atom stereocenters. The Bertz CT molecular complexity index is 791. The number of rotatable bonds is 3. The predicted octanol–water partition coefficient (Wildman–Crippen LogP) is 0.171. The number of aliphatic hydroxyl groups is 2. The van der Waals surface area contributed by atoms with E-state index in [4.69, 9.17) is 10.5 Å². The first-order valence-corrected chi connectivity index (χ1v) is 8.52. The summed E-state index contributed by atoms with van der Waals surface area (Å²) in [5.74, 6) is 0.790. The fourth-order valence-corrected chi connectivity index (χ4v) is 3.65. The molecule has 2 aliphatic rings. The maximum Gasteiger partial charge on any atom is 0.164 e. The standard InChI is InChI=1S/C15H18BrN5O3/c16-8-5-21(14-10(8)13(17)19-6-20-14)15-12(23)11(22)9(24-15)2-1-7-3-18-4-7/h1-2,5-7,9,11-12,15,18,22-23H,3-4H2,(H2,17,19,20)/b2-1+/t9-,11-,12-,15-/m1/s1. The van der Waals surface area contributed by atoms with Crippen molar-refractivity contribution in [3.8, 4) is 0 Å². The average molecular weight is 396 g/mol. The largest absolute Gasteiger partial charge is 0.387 e. The summed E-state index contributed by atoms with van der Waals surface area (Å²) in [6.45, 7) is 1.85. The zero-order valence-electron chi connectivity index (χ0n) is 12.7. The van der Waals surface area contributed by atoms with Crippen LogP contribution in [0.1, 0.15) is 6.23 Å². The molecule has 24 heavy (non-hydrogen) atoms. The van der Waals surface area contributed by atoms with Crippen LogP contribution >= 0.6 is 15.9 Å². The van der Waals surface area contributed by atoms with Crippen molar-refractivity contribution in [1.82, 2.24) is 19.9 Å². The highest BCUT2D eigenvalue weighted by molar-refractivity contribution is 9.10. The second-order valence-corrected chi connectivity index (χ2v) is 6.97. The molecule has 0 aliphatic carbocycles. The molecule has 2 saturated heterocycles. The first-order chi connectivity index (χ1) is 11.6. The van der Waals surface area contributed by atoms with Gasteiger partial charge in [-0.25, -0.2) is 9.97 Å². The highest BCUT2D eigenvalue weighted by Crippen LogP contribution is 2.36. The first-order valence-electron chi connectivity index (χ1n) is 7.73. The second-order valence-electron chi connectivity index (χ2n) is 6.12. The van der Waals surface area contributed by atoms with Crippen LogP contribution in [-0.4, -0.2) is 56.1 Å². The van der Waals surface area contributed by atoms with E-state index >= 15 is 0 Å². The fourth-order valence-electron chi connectivity index (χ4n) is 3.04. The molecule has 0 radical (unpaired) electrons. The van der Waals surface area contributed by atoms with Crippen LogP contribution in [0.2, 0.25) is 0 Å². The number of aliphatic hydroxyl groups excluding tert-OH is 2. The van der Waals surface area contributed by atoms with Gasteiger partial charge in [-0.05, 0) is 15.9 Å². The van der Waals surface area contributed by atoms with Crippen molar-refractivity contribution in [2.75, 3.05) is 18.8 Å². The van der Waals surface area contributed by atoms with E-state index in [9.17, 15) is 10.2 Å². The molecule has 0 saturated carbocycles. The third-order valence-corrected chi connectivity index (χ3v) is 5.13. The summed E-state index contributed by atoms with van der Waals surface area (Å²) >= 11 is 3.43. The van der Waals surface area contributed by atoms with Gasteiger partial charge >= 0.3 is 0 Å². The van der Waals surface area contributed by atoms with Gasteiger partial charge in [-0.15, -0.1) is 0 Å². The number of ether oxygens (including phenoxy) is 1. The Kier molecular flexibility index (Phi) is 4.05. The maximum absolute atomic E-state index is 10.4. The Morgan fingerprint density at radius 1 is 1.29 bits per heavy atom. The number of nitrogens with two attached hydrogens (primary N) is 1. The molecular weight excluding hydrogens is 378 g/mol. The van der Waals surface area contributed by atoms with Gasteiger partial charge in [0.25, 0.3) is 0 Å². The van der Waals surface area contributed by atoms with E-state index in [-0.39, 0.29) is 0 Å². The van der Waals surface area contributed by atoms with Gasteiger partial charge in [0, 0.05) is 29.7 Å². The molecule has 2 fully saturated rings. The van der Waals surface area contributed by atoms with Crippen molar-refractivity contribution in [2.45, 2.75) is 24.5 Å². The fraction of sp³-hybridized carbons (Fsp3) is 0.467. The Balaban J connectivity index is 1.64. The number of nitrogens with zero attached hydrogens (tertiary/aromatic N) is 3. The quantitative estimate of drug-likeness (QED) is 0.547. The van der Waals surface area contributed by atoms with Crippen molar-refractivity contribution in [1.29, 1.82) is 0 Å². The van der Waals surface area contributed by atoms with Crippen LogP contribution in [0.3, 0.4) is 0 Å². The molecule has 4 heterocycles. The third-order valence-electron chi connectivity index (χ3n) is 4.53. The van der Waals surface area contributed by atoms with E-state index in [2.05, 4.69) is 31.2 Å². The summed E-state index contributed by atoms with van der Waals surface area (Å²) in [7, 11) is 0. The Labute approximate surface area is 146 Å². The summed E-state index contributed by atoms with van der Waals surface area (Å²) in [6, 6.07) is 0. The number of nitrogens with one attached hydrogen (secondary N) is 1. The van der Waals surface area contributed by atoms with Gasteiger partial charge in [-0.1, -0.05) is 12.2 Å². The highest BCUT2D eigenvalue weighted by Gasteiger charge is 2.43. The molecule has 9 heteroatoms. The zero-order valence-corrected chi connectivity index (χ0v) is 14.3. The summed E-state index contributed by atoms with van der Waals surface area (Å²) in [4.78, 5) is 8.21. The lowest BCUT2D eigenvalue weighted by molar-refractivity contribution is -0.0242. The van der Waals surface area contributed by atoms with Gasteiger partial charge in [0.1, 0.15) is 36.1 Å². The van der Waals surface area contributed by atoms with Crippen molar-refractivity contribution >= 4 is 32.8 Å². The monoisotopic (exact) mass is 395 g/mol. The van der Waals surface area contributed by atoms with E-state index in [0.717, 1.165) is 13.1 Å². The summed E-state index contributed by atoms with van der Waals surface area (Å²) in [6.07, 6.45) is 3.54. The number of halogens is 1. The van der Waals surface area contributed by atoms with Crippen LogP contribution in [0, 0.1) is 5.92 Å². The molecule has 128 valence electrons. The minimum atomic E-state index is -1.07. The second kappa shape index (κ2) is 6.08. The van der Waals surface area contributed by atoms with E-state index in [1.165, 1.54) is 6.33 Å². The predicted molar refractivity (Wildman–Crippen MR) is 91.1 cm³/mol.